The molecule has 0 aliphatic rings. The molecule has 0 saturated heterocycles. The van der Waals surface area contributed by atoms with Crippen LogP contribution >= 0.6 is 11.6 Å². The van der Waals surface area contributed by atoms with Gasteiger partial charge in [0.2, 0.25) is 0 Å². The molecule has 0 bridgehead atoms. The monoisotopic (exact) mass is 449 g/mol. The molecule has 0 unspecified atom stereocenters. The molecular formula is C24H24ClN5O2. The highest BCUT2D eigenvalue weighted by Crippen LogP contribution is 2.22. The van der Waals surface area contributed by atoms with E-state index < -0.39 is 0 Å². The number of halogens is 1. The first-order valence-electron chi connectivity index (χ1n) is 10.2. The Morgan fingerprint density at radius 1 is 1.06 bits per heavy atom. The summed E-state index contributed by atoms with van der Waals surface area (Å²) in [6, 6.07) is 17.0. The van der Waals surface area contributed by atoms with Crippen molar-refractivity contribution in [2.75, 3.05) is 0 Å². The minimum atomic E-state index is -0.252. The smallest absolute Gasteiger partial charge is 0.272 e. The molecule has 0 aliphatic carbocycles. The second-order valence-corrected chi connectivity index (χ2v) is 7.94. The van der Waals surface area contributed by atoms with Crippen molar-refractivity contribution in [1.82, 2.24) is 24.9 Å². The third-order valence-corrected chi connectivity index (χ3v) is 5.47. The number of hydrogen-bond acceptors (Lipinski definition) is 4. The Bertz CT molecular complexity index is 1250. The quantitative estimate of drug-likeness (QED) is 0.447. The number of amides is 1. The SMILES string of the molecule is Cc1cc(Cl)ccc1OCn1ccc(C(=O)NCc2c(C)nn(-c3ccccc3)c2C)n1. The van der Waals surface area contributed by atoms with Crippen LogP contribution in [0, 0.1) is 20.8 Å². The molecule has 0 saturated carbocycles. The van der Waals surface area contributed by atoms with Gasteiger partial charge in [-0.1, -0.05) is 29.8 Å². The van der Waals surface area contributed by atoms with Crippen molar-refractivity contribution in [1.29, 1.82) is 0 Å². The maximum Gasteiger partial charge on any atom is 0.272 e. The molecule has 0 fully saturated rings. The molecule has 8 heteroatoms. The van der Waals surface area contributed by atoms with Crippen LogP contribution in [0.2, 0.25) is 5.02 Å². The first-order valence-corrected chi connectivity index (χ1v) is 10.6. The summed E-state index contributed by atoms with van der Waals surface area (Å²) in [4.78, 5) is 12.6. The van der Waals surface area contributed by atoms with Gasteiger partial charge in [0.05, 0.1) is 11.4 Å². The highest BCUT2D eigenvalue weighted by atomic mass is 35.5. The molecular weight excluding hydrogens is 426 g/mol. The van der Waals surface area contributed by atoms with Gasteiger partial charge in [0.25, 0.3) is 5.91 Å². The van der Waals surface area contributed by atoms with Crippen molar-refractivity contribution in [3.05, 3.63) is 94.0 Å². The Morgan fingerprint density at radius 3 is 2.59 bits per heavy atom. The molecule has 2 aromatic heterocycles. The van der Waals surface area contributed by atoms with Gasteiger partial charge in [-0.25, -0.2) is 9.36 Å². The summed E-state index contributed by atoms with van der Waals surface area (Å²) < 4.78 is 9.24. The maximum absolute atomic E-state index is 12.6. The molecule has 0 radical (unpaired) electrons. The van der Waals surface area contributed by atoms with Crippen LogP contribution in [0.3, 0.4) is 0 Å². The van der Waals surface area contributed by atoms with E-state index in [9.17, 15) is 4.79 Å². The highest BCUT2D eigenvalue weighted by molar-refractivity contribution is 6.30. The number of nitrogens with zero attached hydrogens (tertiary/aromatic N) is 4. The summed E-state index contributed by atoms with van der Waals surface area (Å²) in [7, 11) is 0. The minimum Gasteiger partial charge on any atom is -0.471 e. The van der Waals surface area contributed by atoms with Crippen LogP contribution in [-0.2, 0) is 13.3 Å². The average Bonchev–Trinajstić information content (AvgIpc) is 3.37. The van der Waals surface area contributed by atoms with Gasteiger partial charge in [-0.05, 0) is 62.7 Å². The Kier molecular flexibility index (Phi) is 6.28. The first-order chi connectivity index (χ1) is 15.4. The van der Waals surface area contributed by atoms with E-state index in [0.29, 0.717) is 17.3 Å². The van der Waals surface area contributed by atoms with E-state index in [1.165, 1.54) is 0 Å². The standard InChI is InChI=1S/C24H24ClN5O2/c1-16-13-19(25)9-10-23(16)32-15-29-12-11-22(28-29)24(31)26-14-21-17(2)27-30(18(21)3)20-7-5-4-6-8-20/h4-13H,14-15H2,1-3H3,(H,26,31). The summed E-state index contributed by atoms with van der Waals surface area (Å²) in [5.74, 6) is 0.468. The normalized spacial score (nSPS) is 10.9. The predicted octanol–water partition coefficient (Wildman–Crippen LogP) is 4.61. The summed E-state index contributed by atoms with van der Waals surface area (Å²) in [5, 5.41) is 12.5. The van der Waals surface area contributed by atoms with Crippen molar-refractivity contribution < 1.29 is 9.53 Å². The van der Waals surface area contributed by atoms with Gasteiger partial charge in [-0.3, -0.25) is 4.79 Å². The van der Waals surface area contributed by atoms with Crippen molar-refractivity contribution in [2.24, 2.45) is 0 Å². The molecule has 164 valence electrons. The van der Waals surface area contributed by atoms with E-state index >= 15 is 0 Å². The number of aromatic nitrogens is 4. The van der Waals surface area contributed by atoms with E-state index in [0.717, 1.165) is 34.0 Å². The molecule has 4 aromatic rings. The van der Waals surface area contributed by atoms with Crippen LogP contribution < -0.4 is 10.1 Å². The summed E-state index contributed by atoms with van der Waals surface area (Å²) in [6.07, 6.45) is 1.71. The lowest BCUT2D eigenvalue weighted by molar-refractivity contribution is 0.0943. The lowest BCUT2D eigenvalue weighted by atomic mass is 10.2. The van der Waals surface area contributed by atoms with Gasteiger partial charge >= 0.3 is 0 Å². The van der Waals surface area contributed by atoms with Crippen molar-refractivity contribution >= 4 is 17.5 Å². The van der Waals surface area contributed by atoms with Crippen LogP contribution in [0.5, 0.6) is 5.75 Å². The number of hydrogen-bond donors (Lipinski definition) is 1. The second kappa shape index (κ2) is 9.28. The van der Waals surface area contributed by atoms with Crippen molar-refractivity contribution in [3.8, 4) is 11.4 Å². The van der Waals surface area contributed by atoms with E-state index in [2.05, 4.69) is 15.5 Å². The Morgan fingerprint density at radius 2 is 1.84 bits per heavy atom. The Balaban J connectivity index is 1.38. The maximum atomic E-state index is 12.6. The summed E-state index contributed by atoms with van der Waals surface area (Å²) >= 11 is 5.98. The Labute approximate surface area is 191 Å². The van der Waals surface area contributed by atoms with Crippen LogP contribution in [0.25, 0.3) is 5.69 Å². The summed E-state index contributed by atoms with van der Waals surface area (Å²) in [5.41, 5.74) is 5.11. The average molecular weight is 450 g/mol. The molecule has 7 nitrogen and oxygen atoms in total. The van der Waals surface area contributed by atoms with E-state index in [-0.39, 0.29) is 12.6 Å². The lowest BCUT2D eigenvalue weighted by Crippen LogP contribution is -2.24. The van der Waals surface area contributed by atoms with Gasteiger partial charge in [-0.2, -0.15) is 10.2 Å². The number of carbonyl (C=O) groups excluding carboxylic acids is 1. The number of benzene rings is 2. The van der Waals surface area contributed by atoms with Crippen molar-refractivity contribution in [2.45, 2.75) is 34.0 Å². The molecule has 1 amide bonds. The fourth-order valence-electron chi connectivity index (χ4n) is 3.48. The zero-order valence-electron chi connectivity index (χ0n) is 18.2. The molecule has 4 rings (SSSR count). The zero-order valence-corrected chi connectivity index (χ0v) is 18.9. The summed E-state index contributed by atoms with van der Waals surface area (Å²) in [6.45, 7) is 6.43. The molecule has 32 heavy (non-hydrogen) atoms. The fourth-order valence-corrected chi connectivity index (χ4v) is 3.70. The number of para-hydroxylation sites is 1. The fraction of sp³-hybridized carbons (Fsp3) is 0.208. The van der Waals surface area contributed by atoms with E-state index in [1.807, 2.05) is 67.9 Å². The van der Waals surface area contributed by atoms with Crippen molar-refractivity contribution in [3.63, 3.8) is 0 Å². The van der Waals surface area contributed by atoms with E-state index in [4.69, 9.17) is 16.3 Å². The topological polar surface area (TPSA) is 74.0 Å². The second-order valence-electron chi connectivity index (χ2n) is 7.50. The van der Waals surface area contributed by atoms with Crippen LogP contribution in [-0.4, -0.2) is 25.5 Å². The number of ether oxygens (including phenoxy) is 1. The van der Waals surface area contributed by atoms with Crippen LogP contribution in [0.15, 0.2) is 60.8 Å². The highest BCUT2D eigenvalue weighted by Gasteiger charge is 2.15. The first kappa shape index (κ1) is 21.6. The number of carbonyl (C=O) groups is 1. The third-order valence-electron chi connectivity index (χ3n) is 5.23. The molecule has 0 aliphatic heterocycles. The van der Waals surface area contributed by atoms with Gasteiger partial charge in [-0.15, -0.1) is 0 Å². The van der Waals surface area contributed by atoms with Gasteiger partial charge in [0.1, 0.15) is 11.4 Å². The van der Waals surface area contributed by atoms with Gasteiger partial charge in [0.15, 0.2) is 6.73 Å². The molecule has 2 aromatic carbocycles. The molecule has 1 N–H and O–H groups in total. The van der Waals surface area contributed by atoms with Gasteiger partial charge < -0.3 is 10.1 Å². The Hall–Kier alpha value is -3.58. The molecule has 0 atom stereocenters. The molecule has 0 spiro atoms. The number of rotatable bonds is 7. The van der Waals surface area contributed by atoms with E-state index in [1.54, 1.807) is 23.0 Å². The number of nitrogens with one attached hydrogen (secondary N) is 1. The zero-order chi connectivity index (χ0) is 22.7. The van der Waals surface area contributed by atoms with Crippen LogP contribution in [0.1, 0.15) is 33.0 Å². The lowest BCUT2D eigenvalue weighted by Gasteiger charge is -2.09. The van der Waals surface area contributed by atoms with Gasteiger partial charge in [0, 0.05) is 29.0 Å². The minimum absolute atomic E-state index is 0.192. The number of aryl methyl sites for hydroxylation is 2. The predicted molar refractivity (Wildman–Crippen MR) is 123 cm³/mol. The third kappa shape index (κ3) is 4.68. The molecule has 2 heterocycles. The largest absolute Gasteiger partial charge is 0.471 e. The van der Waals surface area contributed by atoms with Crippen LogP contribution in [0.4, 0.5) is 0 Å².